The van der Waals surface area contributed by atoms with Gasteiger partial charge in [0.25, 0.3) is 0 Å². The molecule has 2 heterocycles. The molecule has 1 amide bonds. The third-order valence-corrected chi connectivity index (χ3v) is 5.17. The van der Waals surface area contributed by atoms with Gasteiger partial charge in [0.2, 0.25) is 0 Å². The van der Waals surface area contributed by atoms with E-state index in [1.54, 1.807) is 4.90 Å². The minimum atomic E-state index is -0.493. The minimum Gasteiger partial charge on any atom is -0.465 e. The van der Waals surface area contributed by atoms with E-state index in [2.05, 4.69) is 13.8 Å². The first-order valence-corrected chi connectivity index (χ1v) is 7.22. The van der Waals surface area contributed by atoms with Crippen molar-refractivity contribution in [3.8, 4) is 0 Å². The van der Waals surface area contributed by atoms with Crippen molar-refractivity contribution in [3.63, 3.8) is 0 Å². The van der Waals surface area contributed by atoms with Gasteiger partial charge in [0.1, 0.15) is 5.60 Å². The van der Waals surface area contributed by atoms with Crippen LogP contribution >= 0.6 is 0 Å². The molecule has 0 radical (unpaired) electrons. The first-order chi connectivity index (χ1) is 9.08. The van der Waals surface area contributed by atoms with Crippen molar-refractivity contribution < 1.29 is 19.1 Å². The lowest BCUT2D eigenvalue weighted by Gasteiger charge is -2.57. The number of carbonyl (C=O) groups is 2. The second kappa shape index (κ2) is 3.68. The Morgan fingerprint density at radius 3 is 2.65 bits per heavy atom. The predicted octanol–water partition coefficient (Wildman–Crippen LogP) is 2.05. The van der Waals surface area contributed by atoms with Crippen molar-refractivity contribution in [1.29, 1.82) is 0 Å². The molecule has 112 valence electrons. The molecule has 0 aromatic heterocycles. The average molecular weight is 281 g/mol. The molecule has 5 heteroatoms. The van der Waals surface area contributed by atoms with Gasteiger partial charge in [0.15, 0.2) is 0 Å². The summed E-state index contributed by atoms with van der Waals surface area (Å²) in [5, 5.41) is 0. The third kappa shape index (κ3) is 1.61. The first-order valence-electron chi connectivity index (χ1n) is 7.22. The number of likely N-dealkylation sites (tertiary alicyclic amines) is 1. The first kappa shape index (κ1) is 13.7. The number of hydrogen-bond acceptors (Lipinski definition) is 4. The summed E-state index contributed by atoms with van der Waals surface area (Å²) in [7, 11) is 0. The number of ether oxygens (including phenoxy) is 2. The summed E-state index contributed by atoms with van der Waals surface area (Å²) in [6.45, 7) is 11.5. The molecule has 5 nitrogen and oxygen atoms in total. The summed E-state index contributed by atoms with van der Waals surface area (Å²) in [6, 6.07) is 0. The molecule has 1 aliphatic carbocycles. The van der Waals surface area contributed by atoms with Crippen LogP contribution in [-0.4, -0.2) is 42.3 Å². The van der Waals surface area contributed by atoms with Gasteiger partial charge < -0.3 is 14.4 Å². The Morgan fingerprint density at radius 1 is 1.40 bits per heavy atom. The highest BCUT2D eigenvalue weighted by atomic mass is 16.6. The van der Waals surface area contributed by atoms with Gasteiger partial charge >= 0.3 is 12.1 Å². The molecule has 0 aromatic rings. The van der Waals surface area contributed by atoms with Crippen LogP contribution in [0.4, 0.5) is 4.79 Å². The maximum atomic E-state index is 12.2. The Kier molecular flexibility index (Phi) is 2.52. The van der Waals surface area contributed by atoms with Crippen molar-refractivity contribution in [2.75, 3.05) is 19.7 Å². The summed E-state index contributed by atoms with van der Waals surface area (Å²) < 4.78 is 10.7. The lowest BCUT2D eigenvalue weighted by molar-refractivity contribution is -0.159. The standard InChI is InChI=1S/C15H23NO4/c1-13(2,3)20-12(18)16-6-9-14(4,5)10-11(17)19-8-15(9,10)7-16/h9-10H,6-8H2,1-5H3. The van der Waals surface area contributed by atoms with Crippen LogP contribution in [0.3, 0.4) is 0 Å². The molecule has 3 fully saturated rings. The zero-order chi connectivity index (χ0) is 14.9. The zero-order valence-electron chi connectivity index (χ0n) is 12.9. The van der Waals surface area contributed by atoms with Gasteiger partial charge in [-0.3, -0.25) is 4.79 Å². The van der Waals surface area contributed by atoms with Crippen LogP contribution in [0, 0.1) is 22.7 Å². The molecule has 1 saturated carbocycles. The van der Waals surface area contributed by atoms with Gasteiger partial charge in [0.05, 0.1) is 12.5 Å². The lowest BCUT2D eigenvalue weighted by atomic mass is 9.42. The molecular formula is C15H23NO4. The number of rotatable bonds is 0. The Hall–Kier alpha value is -1.26. The molecule has 0 N–H and O–H groups in total. The van der Waals surface area contributed by atoms with Crippen molar-refractivity contribution in [3.05, 3.63) is 0 Å². The topological polar surface area (TPSA) is 55.8 Å². The lowest BCUT2D eigenvalue weighted by Crippen LogP contribution is -2.62. The molecule has 0 aromatic carbocycles. The van der Waals surface area contributed by atoms with Gasteiger partial charge in [-0.25, -0.2) is 4.79 Å². The van der Waals surface area contributed by atoms with E-state index in [9.17, 15) is 9.59 Å². The summed E-state index contributed by atoms with van der Waals surface area (Å²) in [4.78, 5) is 25.9. The van der Waals surface area contributed by atoms with Crippen LogP contribution in [0.2, 0.25) is 0 Å². The highest BCUT2D eigenvalue weighted by Gasteiger charge is 2.76. The molecule has 20 heavy (non-hydrogen) atoms. The zero-order valence-corrected chi connectivity index (χ0v) is 12.9. The van der Waals surface area contributed by atoms with E-state index in [0.29, 0.717) is 25.6 Å². The fourth-order valence-corrected chi connectivity index (χ4v) is 4.57. The fraction of sp³-hybridized carbons (Fsp3) is 0.867. The average Bonchev–Trinajstić information content (AvgIpc) is 2.76. The highest BCUT2D eigenvalue weighted by molar-refractivity contribution is 5.80. The SMILES string of the molecule is CC(C)(C)OC(=O)N1CC2C(C)(C)C3C(=O)OCC23C1. The number of cyclic esters (lactones) is 1. The van der Waals surface area contributed by atoms with Crippen molar-refractivity contribution >= 4 is 12.1 Å². The van der Waals surface area contributed by atoms with Crippen molar-refractivity contribution in [2.24, 2.45) is 22.7 Å². The Balaban J connectivity index is 1.79. The van der Waals surface area contributed by atoms with E-state index in [1.165, 1.54) is 0 Å². The van der Waals surface area contributed by atoms with E-state index in [1.807, 2.05) is 20.8 Å². The summed E-state index contributed by atoms with van der Waals surface area (Å²) >= 11 is 0. The van der Waals surface area contributed by atoms with Gasteiger partial charge in [-0.15, -0.1) is 0 Å². The molecule has 0 bridgehead atoms. The molecule has 3 unspecified atom stereocenters. The number of hydrogen-bond donors (Lipinski definition) is 0. The quantitative estimate of drug-likeness (QED) is 0.638. The number of nitrogens with zero attached hydrogens (tertiary/aromatic N) is 1. The largest absolute Gasteiger partial charge is 0.465 e. The Bertz CT molecular complexity index is 479. The van der Waals surface area contributed by atoms with Crippen molar-refractivity contribution in [1.82, 2.24) is 4.90 Å². The third-order valence-electron chi connectivity index (χ3n) is 5.17. The number of amides is 1. The summed E-state index contributed by atoms with van der Waals surface area (Å²) in [5.74, 6) is 0.142. The van der Waals surface area contributed by atoms with E-state index in [-0.39, 0.29) is 28.8 Å². The van der Waals surface area contributed by atoms with Crippen molar-refractivity contribution in [2.45, 2.75) is 40.2 Å². The normalized spacial score (nSPS) is 37.9. The number of esters is 1. The molecule has 3 aliphatic rings. The Labute approximate surface area is 119 Å². The van der Waals surface area contributed by atoms with Crippen LogP contribution in [0.1, 0.15) is 34.6 Å². The molecule has 2 aliphatic heterocycles. The van der Waals surface area contributed by atoms with E-state index in [0.717, 1.165) is 0 Å². The summed E-state index contributed by atoms with van der Waals surface area (Å²) in [5.41, 5.74) is -0.755. The molecule has 3 rings (SSSR count). The number of carbonyl (C=O) groups excluding carboxylic acids is 2. The Morgan fingerprint density at radius 2 is 2.05 bits per heavy atom. The maximum absolute atomic E-state index is 12.2. The second-order valence-electron chi connectivity index (χ2n) is 8.01. The van der Waals surface area contributed by atoms with E-state index >= 15 is 0 Å². The molecule has 1 spiro atoms. The monoisotopic (exact) mass is 281 g/mol. The van der Waals surface area contributed by atoms with E-state index in [4.69, 9.17) is 9.47 Å². The maximum Gasteiger partial charge on any atom is 0.410 e. The molecule has 2 saturated heterocycles. The highest BCUT2D eigenvalue weighted by Crippen LogP contribution is 2.69. The van der Waals surface area contributed by atoms with Gasteiger partial charge in [-0.05, 0) is 32.1 Å². The van der Waals surface area contributed by atoms with Gasteiger partial charge in [-0.1, -0.05) is 13.8 Å². The smallest absolute Gasteiger partial charge is 0.410 e. The predicted molar refractivity (Wildman–Crippen MR) is 72.0 cm³/mol. The van der Waals surface area contributed by atoms with Crippen LogP contribution in [-0.2, 0) is 14.3 Å². The van der Waals surface area contributed by atoms with Crippen LogP contribution in [0.25, 0.3) is 0 Å². The van der Waals surface area contributed by atoms with Crippen LogP contribution < -0.4 is 0 Å². The fourth-order valence-electron chi connectivity index (χ4n) is 4.57. The molecular weight excluding hydrogens is 258 g/mol. The second-order valence-corrected chi connectivity index (χ2v) is 8.01. The van der Waals surface area contributed by atoms with Gasteiger partial charge in [-0.2, -0.15) is 0 Å². The van der Waals surface area contributed by atoms with E-state index < -0.39 is 5.60 Å². The van der Waals surface area contributed by atoms with Crippen LogP contribution in [0.15, 0.2) is 0 Å². The summed E-state index contributed by atoms with van der Waals surface area (Å²) in [6.07, 6.45) is -0.282. The minimum absolute atomic E-state index is 0.0764. The van der Waals surface area contributed by atoms with Gasteiger partial charge in [0, 0.05) is 18.5 Å². The van der Waals surface area contributed by atoms with Crippen LogP contribution in [0.5, 0.6) is 0 Å². The molecule has 3 atom stereocenters.